The molecule has 3 aromatic rings. The maximum absolute atomic E-state index is 14.2. The number of hydrogen-bond acceptors (Lipinski definition) is 5. The van der Waals surface area contributed by atoms with Gasteiger partial charge in [-0.1, -0.05) is 36.4 Å². The summed E-state index contributed by atoms with van der Waals surface area (Å²) in [4.78, 5) is 25.1. The molecule has 1 atom stereocenters. The molecule has 0 fully saturated rings. The summed E-state index contributed by atoms with van der Waals surface area (Å²) in [5.41, 5.74) is 1.37. The number of ether oxygens (including phenoxy) is 2. The highest BCUT2D eigenvalue weighted by Crippen LogP contribution is 2.34. The number of hydrogen-bond donors (Lipinski definition) is 1. The van der Waals surface area contributed by atoms with Gasteiger partial charge in [0.15, 0.2) is 6.10 Å². The quantitative estimate of drug-likeness (QED) is 0.607. The number of halogens is 1. The van der Waals surface area contributed by atoms with Crippen LogP contribution >= 0.6 is 11.3 Å². The molecule has 0 aliphatic carbocycles. The molecule has 1 amide bonds. The average molecular weight is 401 g/mol. The first kappa shape index (κ1) is 20.0. The molecular formula is C21H20FNO4S. The molecular weight excluding hydrogens is 381 g/mol. The Morgan fingerprint density at radius 2 is 1.89 bits per heavy atom. The number of benzene rings is 2. The van der Waals surface area contributed by atoms with Crippen LogP contribution in [0.5, 0.6) is 0 Å². The fourth-order valence-corrected chi connectivity index (χ4v) is 3.92. The van der Waals surface area contributed by atoms with E-state index in [0.29, 0.717) is 22.2 Å². The van der Waals surface area contributed by atoms with E-state index >= 15 is 0 Å². The van der Waals surface area contributed by atoms with Crippen molar-refractivity contribution < 1.29 is 23.5 Å². The van der Waals surface area contributed by atoms with Gasteiger partial charge in [0.1, 0.15) is 10.7 Å². The molecule has 146 valence electrons. The van der Waals surface area contributed by atoms with E-state index in [4.69, 9.17) is 9.47 Å². The van der Waals surface area contributed by atoms with E-state index in [1.807, 2.05) is 30.3 Å². The van der Waals surface area contributed by atoms with E-state index in [1.165, 1.54) is 20.1 Å². The van der Waals surface area contributed by atoms with Gasteiger partial charge in [0.05, 0.1) is 6.61 Å². The highest BCUT2D eigenvalue weighted by molar-refractivity contribution is 7.21. The third-order valence-electron chi connectivity index (χ3n) is 4.20. The van der Waals surface area contributed by atoms with E-state index in [0.717, 1.165) is 16.9 Å². The first-order valence-corrected chi connectivity index (χ1v) is 9.54. The van der Waals surface area contributed by atoms with Crippen LogP contribution in [-0.4, -0.2) is 25.1 Å². The first-order chi connectivity index (χ1) is 13.5. The minimum Gasteiger partial charge on any atom is -0.448 e. The number of methoxy groups -OCH3 is 1. The lowest BCUT2D eigenvalue weighted by Gasteiger charge is -2.13. The van der Waals surface area contributed by atoms with Crippen LogP contribution in [0.2, 0.25) is 0 Å². The van der Waals surface area contributed by atoms with Crippen molar-refractivity contribution in [1.29, 1.82) is 0 Å². The van der Waals surface area contributed by atoms with Gasteiger partial charge in [-0.3, -0.25) is 4.79 Å². The van der Waals surface area contributed by atoms with Crippen molar-refractivity contribution in [2.45, 2.75) is 26.2 Å². The molecule has 0 radical (unpaired) electrons. The SMILES string of the molecule is COCc1c(C(=O)O[C@H](C)C(=O)NCc2ccccc2)sc2cccc(F)c12. The molecule has 0 saturated heterocycles. The number of esters is 1. The Kier molecular flexibility index (Phi) is 6.38. The molecule has 0 unspecified atom stereocenters. The smallest absolute Gasteiger partial charge is 0.349 e. The summed E-state index contributed by atoms with van der Waals surface area (Å²) in [6.45, 7) is 1.91. The Bertz CT molecular complexity index is 987. The largest absolute Gasteiger partial charge is 0.448 e. The highest BCUT2D eigenvalue weighted by Gasteiger charge is 2.25. The lowest BCUT2D eigenvalue weighted by atomic mass is 10.1. The Morgan fingerprint density at radius 3 is 2.61 bits per heavy atom. The molecule has 0 saturated carbocycles. The Hall–Kier alpha value is -2.77. The molecule has 28 heavy (non-hydrogen) atoms. The second-order valence-electron chi connectivity index (χ2n) is 6.21. The number of carbonyl (C=O) groups is 2. The molecule has 0 aliphatic rings. The standard InChI is InChI=1S/C21H20FNO4S/c1-13(20(24)23-11-14-7-4-3-5-8-14)27-21(25)19-15(12-26-2)18-16(22)9-6-10-17(18)28-19/h3-10,13H,11-12H2,1-2H3,(H,23,24)/t13-/m1/s1. The van der Waals surface area contributed by atoms with E-state index in [1.54, 1.807) is 12.1 Å². The maximum Gasteiger partial charge on any atom is 0.349 e. The van der Waals surface area contributed by atoms with Crippen LogP contribution < -0.4 is 5.32 Å². The van der Waals surface area contributed by atoms with Crippen molar-refractivity contribution in [1.82, 2.24) is 5.32 Å². The maximum atomic E-state index is 14.2. The monoisotopic (exact) mass is 401 g/mol. The minimum atomic E-state index is -0.985. The van der Waals surface area contributed by atoms with Crippen molar-refractivity contribution in [2.75, 3.05) is 7.11 Å². The summed E-state index contributed by atoms with van der Waals surface area (Å²) in [7, 11) is 1.47. The molecule has 2 aromatic carbocycles. The molecule has 1 aromatic heterocycles. The third kappa shape index (κ3) is 4.37. The second kappa shape index (κ2) is 8.95. The number of amides is 1. The highest BCUT2D eigenvalue weighted by atomic mass is 32.1. The zero-order valence-electron chi connectivity index (χ0n) is 15.5. The number of fused-ring (bicyclic) bond motifs is 1. The zero-order chi connectivity index (χ0) is 20.1. The van der Waals surface area contributed by atoms with Gasteiger partial charge in [-0.05, 0) is 24.6 Å². The summed E-state index contributed by atoms with van der Waals surface area (Å²) < 4.78 is 25.3. The van der Waals surface area contributed by atoms with Crippen molar-refractivity contribution in [3.8, 4) is 0 Å². The van der Waals surface area contributed by atoms with Crippen LogP contribution in [0.15, 0.2) is 48.5 Å². The third-order valence-corrected chi connectivity index (χ3v) is 5.38. The predicted molar refractivity (Wildman–Crippen MR) is 106 cm³/mol. The zero-order valence-corrected chi connectivity index (χ0v) is 16.3. The molecule has 0 bridgehead atoms. The fourth-order valence-electron chi connectivity index (χ4n) is 2.81. The molecule has 0 spiro atoms. The van der Waals surface area contributed by atoms with E-state index in [2.05, 4.69) is 5.32 Å². The van der Waals surface area contributed by atoms with Crippen molar-refractivity contribution in [3.63, 3.8) is 0 Å². The van der Waals surface area contributed by atoms with Crippen LogP contribution in [0.3, 0.4) is 0 Å². The number of thiophene rings is 1. The topological polar surface area (TPSA) is 64.6 Å². The van der Waals surface area contributed by atoms with Crippen molar-refractivity contribution in [2.24, 2.45) is 0 Å². The second-order valence-corrected chi connectivity index (χ2v) is 7.26. The van der Waals surface area contributed by atoms with Gasteiger partial charge in [-0.2, -0.15) is 0 Å². The number of nitrogens with one attached hydrogen (secondary N) is 1. The van der Waals surface area contributed by atoms with Crippen molar-refractivity contribution >= 4 is 33.3 Å². The van der Waals surface area contributed by atoms with Crippen LogP contribution in [0, 0.1) is 5.82 Å². The molecule has 3 rings (SSSR count). The minimum absolute atomic E-state index is 0.0694. The van der Waals surface area contributed by atoms with E-state index in [-0.39, 0.29) is 11.5 Å². The average Bonchev–Trinajstić information content (AvgIpc) is 3.07. The van der Waals surface area contributed by atoms with Gasteiger partial charge < -0.3 is 14.8 Å². The summed E-state index contributed by atoms with van der Waals surface area (Å²) in [6, 6.07) is 14.1. The van der Waals surface area contributed by atoms with Crippen LogP contribution in [0.25, 0.3) is 10.1 Å². The van der Waals surface area contributed by atoms with Gasteiger partial charge in [0.2, 0.25) is 0 Å². The lowest BCUT2D eigenvalue weighted by molar-refractivity contribution is -0.129. The summed E-state index contributed by atoms with van der Waals surface area (Å²) in [5.74, 6) is -1.50. The summed E-state index contributed by atoms with van der Waals surface area (Å²) in [5, 5.41) is 3.08. The van der Waals surface area contributed by atoms with E-state index < -0.39 is 23.8 Å². The molecule has 1 heterocycles. The van der Waals surface area contributed by atoms with Crippen LogP contribution in [0.4, 0.5) is 4.39 Å². The van der Waals surface area contributed by atoms with E-state index in [9.17, 15) is 14.0 Å². The van der Waals surface area contributed by atoms with Crippen molar-refractivity contribution in [3.05, 3.63) is 70.4 Å². The number of carbonyl (C=O) groups excluding carboxylic acids is 2. The molecule has 0 aliphatic heterocycles. The lowest BCUT2D eigenvalue weighted by Crippen LogP contribution is -2.35. The predicted octanol–water partition coefficient (Wildman–Crippen LogP) is 4.05. The molecule has 5 nitrogen and oxygen atoms in total. The van der Waals surface area contributed by atoms with Gasteiger partial charge in [-0.15, -0.1) is 11.3 Å². The molecule has 7 heteroatoms. The first-order valence-electron chi connectivity index (χ1n) is 8.72. The fraction of sp³-hybridized carbons (Fsp3) is 0.238. The molecule has 1 N–H and O–H groups in total. The normalized spacial score (nSPS) is 12.0. The number of rotatable bonds is 7. The summed E-state index contributed by atoms with van der Waals surface area (Å²) >= 11 is 1.12. The Balaban J connectivity index is 1.72. The Labute approximate surface area is 166 Å². The van der Waals surface area contributed by atoms with Gasteiger partial charge >= 0.3 is 5.97 Å². The van der Waals surface area contributed by atoms with Crippen LogP contribution in [-0.2, 0) is 27.4 Å². The van der Waals surface area contributed by atoms with Gasteiger partial charge in [0.25, 0.3) is 5.91 Å². The van der Waals surface area contributed by atoms with Crippen LogP contribution in [0.1, 0.15) is 27.7 Å². The Morgan fingerprint density at radius 1 is 1.14 bits per heavy atom. The van der Waals surface area contributed by atoms with Gasteiger partial charge in [0, 0.05) is 29.3 Å². The van der Waals surface area contributed by atoms with Gasteiger partial charge in [-0.25, -0.2) is 9.18 Å². The summed E-state index contributed by atoms with van der Waals surface area (Å²) in [6.07, 6.45) is -0.985.